The fraction of sp³-hybridized carbons (Fsp3) is 0.0385. The Morgan fingerprint density at radius 1 is 1.00 bits per heavy atom. The van der Waals surface area contributed by atoms with E-state index < -0.39 is 4.92 Å². The SMILES string of the molecule is Cc1cccc(/N=C2/S/C(=C/c3ccc(-c4ccc([N+](=O)[O-])cc4)o3)C(=O)N2c2ccccc2)n1. The molecule has 35 heavy (non-hydrogen) atoms. The van der Waals surface area contributed by atoms with E-state index in [4.69, 9.17) is 4.42 Å². The molecule has 3 heterocycles. The largest absolute Gasteiger partial charge is 0.457 e. The van der Waals surface area contributed by atoms with Gasteiger partial charge in [0, 0.05) is 29.5 Å². The summed E-state index contributed by atoms with van der Waals surface area (Å²) in [6.07, 6.45) is 1.67. The number of benzene rings is 2. The van der Waals surface area contributed by atoms with Gasteiger partial charge in [0.25, 0.3) is 11.6 Å². The Hall–Kier alpha value is -4.50. The summed E-state index contributed by atoms with van der Waals surface area (Å²) in [7, 11) is 0. The summed E-state index contributed by atoms with van der Waals surface area (Å²) in [5.74, 6) is 1.32. The third-order valence-corrected chi connectivity index (χ3v) is 6.14. The van der Waals surface area contributed by atoms with Crippen LogP contribution in [0.5, 0.6) is 0 Å². The van der Waals surface area contributed by atoms with Crippen LogP contribution in [0.25, 0.3) is 17.4 Å². The highest BCUT2D eigenvalue weighted by Crippen LogP contribution is 2.37. The molecule has 1 aliphatic heterocycles. The highest BCUT2D eigenvalue weighted by Gasteiger charge is 2.35. The molecular weight excluding hydrogens is 464 g/mol. The Kier molecular flexibility index (Phi) is 5.99. The summed E-state index contributed by atoms with van der Waals surface area (Å²) < 4.78 is 5.91. The lowest BCUT2D eigenvalue weighted by molar-refractivity contribution is -0.384. The first-order valence-corrected chi connectivity index (χ1v) is 11.5. The van der Waals surface area contributed by atoms with Gasteiger partial charge in [0.2, 0.25) is 0 Å². The molecule has 8 nitrogen and oxygen atoms in total. The first-order valence-electron chi connectivity index (χ1n) is 10.6. The number of rotatable bonds is 5. The zero-order valence-electron chi connectivity index (χ0n) is 18.5. The van der Waals surface area contributed by atoms with Crippen molar-refractivity contribution in [3.63, 3.8) is 0 Å². The quantitative estimate of drug-likeness (QED) is 0.186. The maximum absolute atomic E-state index is 13.4. The van der Waals surface area contributed by atoms with Crippen LogP contribution in [-0.2, 0) is 4.79 Å². The summed E-state index contributed by atoms with van der Waals surface area (Å²) in [5.41, 5.74) is 2.24. The van der Waals surface area contributed by atoms with Crippen molar-refractivity contribution in [1.29, 1.82) is 0 Å². The number of nitro benzene ring substituents is 1. The lowest BCUT2D eigenvalue weighted by atomic mass is 10.1. The van der Waals surface area contributed by atoms with Gasteiger partial charge in [0.1, 0.15) is 11.5 Å². The molecule has 1 fully saturated rings. The molecule has 2 aromatic heterocycles. The van der Waals surface area contributed by atoms with Crippen LogP contribution >= 0.6 is 11.8 Å². The Morgan fingerprint density at radius 2 is 1.77 bits per heavy atom. The smallest absolute Gasteiger partial charge is 0.271 e. The zero-order valence-corrected chi connectivity index (χ0v) is 19.3. The molecule has 0 bridgehead atoms. The van der Waals surface area contributed by atoms with E-state index in [0.717, 1.165) is 5.69 Å². The predicted octanol–water partition coefficient (Wildman–Crippen LogP) is 6.37. The summed E-state index contributed by atoms with van der Waals surface area (Å²) >= 11 is 1.24. The van der Waals surface area contributed by atoms with Crippen LogP contribution < -0.4 is 4.90 Å². The molecule has 5 rings (SSSR count). The van der Waals surface area contributed by atoms with E-state index >= 15 is 0 Å². The third kappa shape index (κ3) is 4.75. The van der Waals surface area contributed by atoms with Gasteiger partial charge < -0.3 is 4.42 Å². The van der Waals surface area contributed by atoms with Crippen molar-refractivity contribution >= 4 is 46.1 Å². The molecule has 0 unspecified atom stereocenters. The molecule has 1 amide bonds. The molecule has 1 aliphatic rings. The van der Waals surface area contributed by atoms with E-state index in [2.05, 4.69) is 9.98 Å². The summed E-state index contributed by atoms with van der Waals surface area (Å²) in [4.78, 5) is 34.9. The van der Waals surface area contributed by atoms with E-state index in [1.807, 2.05) is 49.4 Å². The number of pyridine rings is 1. The number of amides is 1. The average molecular weight is 483 g/mol. The Morgan fingerprint density at radius 3 is 2.49 bits per heavy atom. The number of nitro groups is 1. The second-order valence-electron chi connectivity index (χ2n) is 7.62. The van der Waals surface area contributed by atoms with Gasteiger partial charge >= 0.3 is 0 Å². The molecule has 0 radical (unpaired) electrons. The van der Waals surface area contributed by atoms with E-state index in [1.165, 1.54) is 23.9 Å². The number of aliphatic imine (C=N–C) groups is 1. The molecule has 4 aromatic rings. The minimum absolute atomic E-state index is 0.00604. The number of hydrogen-bond donors (Lipinski definition) is 0. The van der Waals surface area contributed by atoms with Crippen molar-refractivity contribution in [3.8, 4) is 11.3 Å². The number of carbonyl (C=O) groups is 1. The number of aryl methyl sites for hydroxylation is 1. The standard InChI is InChI=1S/C26H18N4O4S/c1-17-6-5-9-24(27-17)28-26-29(19-7-3-2-4-8-19)25(31)23(35-26)16-21-14-15-22(34-21)18-10-12-20(13-11-18)30(32)33/h2-16H,1H3/b23-16+,28-26+. The summed E-state index contributed by atoms with van der Waals surface area (Å²) in [6, 6.07) is 24.5. The van der Waals surface area contributed by atoms with Crippen LogP contribution in [0, 0.1) is 17.0 Å². The Labute approximate surface area is 204 Å². The summed E-state index contributed by atoms with van der Waals surface area (Å²) in [6.45, 7) is 1.89. The van der Waals surface area contributed by atoms with Gasteiger partial charge in [-0.05, 0) is 67.2 Å². The lowest BCUT2D eigenvalue weighted by Gasteiger charge is -2.15. The molecular formula is C26H18N4O4S. The minimum atomic E-state index is -0.450. The Bertz CT molecular complexity index is 1480. The third-order valence-electron chi connectivity index (χ3n) is 5.17. The maximum Gasteiger partial charge on any atom is 0.271 e. The van der Waals surface area contributed by atoms with Crippen LogP contribution in [0.4, 0.5) is 17.2 Å². The van der Waals surface area contributed by atoms with Crippen molar-refractivity contribution in [2.75, 3.05) is 4.90 Å². The fourth-order valence-corrected chi connectivity index (χ4v) is 4.47. The topological polar surface area (TPSA) is 102 Å². The maximum atomic E-state index is 13.4. The minimum Gasteiger partial charge on any atom is -0.457 e. The number of thioether (sulfide) groups is 1. The molecule has 0 saturated carbocycles. The number of hydrogen-bond acceptors (Lipinski definition) is 7. The van der Waals surface area contributed by atoms with Crippen molar-refractivity contribution in [1.82, 2.24) is 4.98 Å². The second-order valence-corrected chi connectivity index (χ2v) is 8.63. The Balaban J connectivity index is 1.48. The summed E-state index contributed by atoms with van der Waals surface area (Å²) in [5, 5.41) is 11.4. The van der Waals surface area contributed by atoms with Gasteiger partial charge in [-0.15, -0.1) is 0 Å². The first-order chi connectivity index (χ1) is 17.0. The molecule has 0 aliphatic carbocycles. The van der Waals surface area contributed by atoms with Crippen molar-refractivity contribution in [2.24, 2.45) is 4.99 Å². The van der Waals surface area contributed by atoms with Crippen LogP contribution in [0.15, 0.2) is 99.2 Å². The first kappa shape index (κ1) is 22.3. The van der Waals surface area contributed by atoms with Gasteiger partial charge in [-0.1, -0.05) is 24.3 Å². The molecule has 9 heteroatoms. The molecule has 0 N–H and O–H groups in total. The number of aromatic nitrogens is 1. The average Bonchev–Trinajstić information content (AvgIpc) is 3.44. The molecule has 1 saturated heterocycles. The number of non-ortho nitro benzene ring substituents is 1. The van der Waals surface area contributed by atoms with Crippen LogP contribution in [0.1, 0.15) is 11.5 Å². The lowest BCUT2D eigenvalue weighted by Crippen LogP contribution is -2.28. The number of anilines is 1. The number of amidine groups is 1. The number of furan rings is 1. The van der Waals surface area contributed by atoms with E-state index in [0.29, 0.717) is 38.7 Å². The number of carbonyl (C=O) groups excluding carboxylic acids is 1. The van der Waals surface area contributed by atoms with E-state index in [-0.39, 0.29) is 11.6 Å². The van der Waals surface area contributed by atoms with Crippen molar-refractivity contribution < 1.29 is 14.1 Å². The van der Waals surface area contributed by atoms with Crippen molar-refractivity contribution in [3.05, 3.63) is 111 Å². The molecule has 0 spiro atoms. The van der Waals surface area contributed by atoms with Crippen molar-refractivity contribution in [2.45, 2.75) is 6.92 Å². The molecule has 172 valence electrons. The van der Waals surface area contributed by atoms with Gasteiger partial charge in [-0.2, -0.15) is 0 Å². The molecule has 0 atom stereocenters. The fourth-order valence-electron chi connectivity index (χ4n) is 3.50. The highest BCUT2D eigenvalue weighted by molar-refractivity contribution is 8.19. The molecule has 2 aromatic carbocycles. The van der Waals surface area contributed by atoms with Gasteiger partial charge in [0.15, 0.2) is 11.0 Å². The van der Waals surface area contributed by atoms with Crippen LogP contribution in [0.2, 0.25) is 0 Å². The number of para-hydroxylation sites is 1. The normalized spacial score (nSPS) is 15.8. The monoisotopic (exact) mass is 482 g/mol. The number of nitrogens with zero attached hydrogens (tertiary/aromatic N) is 4. The van der Waals surface area contributed by atoms with Gasteiger partial charge in [-0.25, -0.2) is 9.98 Å². The predicted molar refractivity (Wildman–Crippen MR) is 136 cm³/mol. The van der Waals surface area contributed by atoms with E-state index in [9.17, 15) is 14.9 Å². The highest BCUT2D eigenvalue weighted by atomic mass is 32.2. The zero-order chi connectivity index (χ0) is 24.4. The second kappa shape index (κ2) is 9.40. The van der Waals surface area contributed by atoms with Crippen LogP contribution in [-0.4, -0.2) is 21.0 Å². The van der Waals surface area contributed by atoms with E-state index in [1.54, 1.807) is 41.3 Å². The van der Waals surface area contributed by atoms with Gasteiger partial charge in [-0.3, -0.25) is 19.8 Å². The van der Waals surface area contributed by atoms with Gasteiger partial charge in [0.05, 0.1) is 15.5 Å². The van der Waals surface area contributed by atoms with Crippen LogP contribution in [0.3, 0.4) is 0 Å².